The zero-order valence-corrected chi connectivity index (χ0v) is 18.6. The van der Waals surface area contributed by atoms with Crippen LogP contribution in [0.25, 0.3) is 0 Å². The van der Waals surface area contributed by atoms with Gasteiger partial charge in [-0.2, -0.15) is 0 Å². The maximum Gasteiger partial charge on any atom is 0.258 e. The third kappa shape index (κ3) is 5.98. The predicted molar refractivity (Wildman–Crippen MR) is 127 cm³/mol. The Kier molecular flexibility index (Phi) is 7.64. The van der Waals surface area contributed by atoms with Crippen molar-refractivity contribution in [3.8, 4) is 11.5 Å². The van der Waals surface area contributed by atoms with Crippen LogP contribution in [-0.2, 0) is 6.54 Å². The van der Waals surface area contributed by atoms with E-state index in [-0.39, 0.29) is 5.91 Å². The van der Waals surface area contributed by atoms with E-state index in [2.05, 4.69) is 20.6 Å². The van der Waals surface area contributed by atoms with Crippen LogP contribution in [0.4, 0.5) is 11.4 Å². The number of ether oxygens (including phenoxy) is 2. The molecule has 0 saturated heterocycles. The van der Waals surface area contributed by atoms with E-state index in [9.17, 15) is 4.79 Å². The van der Waals surface area contributed by atoms with Crippen LogP contribution in [0.3, 0.4) is 0 Å². The molecule has 0 aliphatic heterocycles. The van der Waals surface area contributed by atoms with Crippen molar-refractivity contribution in [2.45, 2.75) is 6.54 Å². The summed E-state index contributed by atoms with van der Waals surface area (Å²) in [6, 6.07) is 16.5. The first-order valence-corrected chi connectivity index (χ1v) is 10.0. The third-order valence-electron chi connectivity index (χ3n) is 4.67. The molecule has 0 aliphatic carbocycles. The van der Waals surface area contributed by atoms with E-state index in [0.29, 0.717) is 35.3 Å². The van der Waals surface area contributed by atoms with Crippen molar-refractivity contribution in [2.24, 2.45) is 4.99 Å². The number of carbonyl (C=O) groups is 1. The summed E-state index contributed by atoms with van der Waals surface area (Å²) < 4.78 is 10.7. The highest BCUT2D eigenvalue weighted by atomic mass is 16.5. The summed E-state index contributed by atoms with van der Waals surface area (Å²) in [5.74, 6) is 1.22. The Labute approximate surface area is 187 Å². The number of aromatic nitrogens is 1. The number of anilines is 2. The minimum absolute atomic E-state index is 0.268. The van der Waals surface area contributed by atoms with Gasteiger partial charge in [0.25, 0.3) is 5.91 Å². The van der Waals surface area contributed by atoms with Gasteiger partial charge < -0.3 is 19.7 Å². The molecule has 0 unspecified atom stereocenters. The summed E-state index contributed by atoms with van der Waals surface area (Å²) in [4.78, 5) is 23.5. The number of hydrogen-bond acceptors (Lipinski definition) is 6. The molecular weight excluding hydrogens is 406 g/mol. The van der Waals surface area contributed by atoms with Gasteiger partial charge in [0.2, 0.25) is 5.96 Å². The molecule has 3 aromatic rings. The molecule has 0 bridgehead atoms. The smallest absolute Gasteiger partial charge is 0.258 e. The average Bonchev–Trinajstić information content (AvgIpc) is 2.83. The quantitative estimate of drug-likeness (QED) is 0.438. The Bertz CT molecular complexity index is 1080. The fraction of sp³-hybridized carbons (Fsp3) is 0.208. The first-order chi connectivity index (χ1) is 15.5. The number of pyridine rings is 1. The number of amides is 1. The summed E-state index contributed by atoms with van der Waals surface area (Å²) in [5.41, 5.74) is 3.12. The summed E-state index contributed by atoms with van der Waals surface area (Å²) >= 11 is 0. The molecular formula is C24H27N5O3. The highest BCUT2D eigenvalue weighted by molar-refractivity contribution is 6.10. The first kappa shape index (κ1) is 22.6. The zero-order chi connectivity index (χ0) is 22.9. The maximum atomic E-state index is 12.9. The van der Waals surface area contributed by atoms with Crippen LogP contribution < -0.4 is 25.0 Å². The number of nitrogens with zero attached hydrogens (tertiary/aromatic N) is 3. The van der Waals surface area contributed by atoms with E-state index in [0.717, 1.165) is 11.3 Å². The standard InChI is InChI=1S/C24H27N5O3/c1-29(2)20-7-5-6-18(14-20)23(30)28-24(26-16-17-10-12-25-13-11-17)27-19-8-9-21(31-3)22(15-19)32-4/h5-15H,16H2,1-4H3,(H2,26,27,28,30). The molecule has 1 amide bonds. The van der Waals surface area contributed by atoms with Gasteiger partial charge in [0.15, 0.2) is 11.5 Å². The monoisotopic (exact) mass is 433 g/mol. The average molecular weight is 434 g/mol. The topological polar surface area (TPSA) is 88.1 Å². The number of methoxy groups -OCH3 is 2. The van der Waals surface area contributed by atoms with Gasteiger partial charge in [0, 0.05) is 49.5 Å². The van der Waals surface area contributed by atoms with Gasteiger partial charge in [-0.3, -0.25) is 15.1 Å². The van der Waals surface area contributed by atoms with Crippen LogP contribution in [0, 0.1) is 0 Å². The molecule has 1 heterocycles. The molecule has 0 aliphatic rings. The van der Waals surface area contributed by atoms with Crippen LogP contribution in [0.1, 0.15) is 15.9 Å². The highest BCUT2D eigenvalue weighted by Gasteiger charge is 2.12. The molecule has 0 spiro atoms. The number of nitrogens with one attached hydrogen (secondary N) is 2. The second kappa shape index (κ2) is 10.8. The van der Waals surface area contributed by atoms with Gasteiger partial charge in [-0.05, 0) is 48.0 Å². The molecule has 2 N–H and O–H groups in total. The largest absolute Gasteiger partial charge is 0.493 e. The molecule has 0 radical (unpaired) electrons. The lowest BCUT2D eigenvalue weighted by atomic mass is 10.2. The number of hydrogen-bond donors (Lipinski definition) is 2. The summed E-state index contributed by atoms with van der Waals surface area (Å²) in [7, 11) is 7.00. The Balaban J connectivity index is 1.85. The molecule has 32 heavy (non-hydrogen) atoms. The van der Waals surface area contributed by atoms with Crippen molar-refractivity contribution < 1.29 is 14.3 Å². The number of rotatable bonds is 7. The lowest BCUT2D eigenvalue weighted by Crippen LogP contribution is -2.36. The van der Waals surface area contributed by atoms with Gasteiger partial charge in [-0.1, -0.05) is 6.07 Å². The Morgan fingerprint density at radius 2 is 1.75 bits per heavy atom. The van der Waals surface area contributed by atoms with Crippen LogP contribution >= 0.6 is 0 Å². The van der Waals surface area contributed by atoms with Crippen molar-refractivity contribution in [1.82, 2.24) is 10.3 Å². The van der Waals surface area contributed by atoms with Crippen molar-refractivity contribution in [3.05, 3.63) is 78.1 Å². The Morgan fingerprint density at radius 3 is 2.44 bits per heavy atom. The summed E-state index contributed by atoms with van der Waals surface area (Å²) in [5, 5.41) is 6.05. The van der Waals surface area contributed by atoms with Crippen molar-refractivity contribution >= 4 is 23.2 Å². The minimum atomic E-state index is -0.268. The van der Waals surface area contributed by atoms with Gasteiger partial charge >= 0.3 is 0 Å². The normalized spacial score (nSPS) is 10.9. The van der Waals surface area contributed by atoms with Crippen molar-refractivity contribution in [2.75, 3.05) is 38.5 Å². The third-order valence-corrected chi connectivity index (χ3v) is 4.67. The van der Waals surface area contributed by atoms with Crippen LogP contribution in [0.5, 0.6) is 11.5 Å². The van der Waals surface area contributed by atoms with E-state index in [1.54, 1.807) is 44.8 Å². The molecule has 166 valence electrons. The molecule has 8 heteroatoms. The molecule has 1 aromatic heterocycles. The molecule has 2 aromatic carbocycles. The van der Waals surface area contributed by atoms with Gasteiger partial charge in [-0.25, -0.2) is 4.99 Å². The highest BCUT2D eigenvalue weighted by Crippen LogP contribution is 2.29. The molecule has 3 rings (SSSR count). The van der Waals surface area contributed by atoms with E-state index < -0.39 is 0 Å². The maximum absolute atomic E-state index is 12.9. The lowest BCUT2D eigenvalue weighted by molar-refractivity contribution is 0.0977. The SMILES string of the molecule is COc1ccc(NC(=NCc2ccncc2)NC(=O)c2cccc(N(C)C)c2)cc1OC. The molecule has 0 fully saturated rings. The number of benzene rings is 2. The van der Waals surface area contributed by atoms with Crippen molar-refractivity contribution in [3.63, 3.8) is 0 Å². The van der Waals surface area contributed by atoms with E-state index in [4.69, 9.17) is 9.47 Å². The van der Waals surface area contributed by atoms with E-state index in [1.807, 2.05) is 55.4 Å². The van der Waals surface area contributed by atoms with Crippen LogP contribution in [-0.4, -0.2) is 45.2 Å². The summed E-state index contributed by atoms with van der Waals surface area (Å²) in [6.45, 7) is 0.371. The number of guanidine groups is 1. The van der Waals surface area contributed by atoms with Crippen LogP contribution in [0.2, 0.25) is 0 Å². The summed E-state index contributed by atoms with van der Waals surface area (Å²) in [6.07, 6.45) is 3.41. The zero-order valence-electron chi connectivity index (χ0n) is 18.6. The van der Waals surface area contributed by atoms with Gasteiger partial charge in [-0.15, -0.1) is 0 Å². The van der Waals surface area contributed by atoms with Crippen molar-refractivity contribution in [1.29, 1.82) is 0 Å². The van der Waals surface area contributed by atoms with Gasteiger partial charge in [0.05, 0.1) is 20.8 Å². The molecule has 0 saturated carbocycles. The molecule has 0 atom stereocenters. The first-order valence-electron chi connectivity index (χ1n) is 10.0. The van der Waals surface area contributed by atoms with E-state index >= 15 is 0 Å². The number of aliphatic imine (C=N–C) groups is 1. The number of carbonyl (C=O) groups excluding carboxylic acids is 1. The van der Waals surface area contributed by atoms with Crippen LogP contribution in [0.15, 0.2) is 72.0 Å². The van der Waals surface area contributed by atoms with E-state index in [1.165, 1.54) is 0 Å². The minimum Gasteiger partial charge on any atom is -0.493 e. The predicted octanol–water partition coefficient (Wildman–Crippen LogP) is 3.56. The fourth-order valence-corrected chi connectivity index (χ4v) is 2.92. The Hall–Kier alpha value is -4.07. The second-order valence-corrected chi connectivity index (χ2v) is 7.11. The van der Waals surface area contributed by atoms with Gasteiger partial charge in [0.1, 0.15) is 0 Å². The fourth-order valence-electron chi connectivity index (χ4n) is 2.92. The Morgan fingerprint density at radius 1 is 1.00 bits per heavy atom. The second-order valence-electron chi connectivity index (χ2n) is 7.11. The lowest BCUT2D eigenvalue weighted by Gasteiger charge is -2.16. The molecule has 8 nitrogen and oxygen atoms in total.